The van der Waals surface area contributed by atoms with Crippen LogP contribution in [0.5, 0.6) is 11.6 Å². The Morgan fingerprint density at radius 1 is 1.12 bits per heavy atom. The van der Waals surface area contributed by atoms with Crippen LogP contribution >= 0.6 is 0 Å². The molecule has 2 aromatic heterocycles. The molecule has 0 atom stereocenters. The van der Waals surface area contributed by atoms with Crippen molar-refractivity contribution in [3.63, 3.8) is 0 Å². The Bertz CT molecular complexity index is 1630. The van der Waals surface area contributed by atoms with Crippen molar-refractivity contribution in [3.8, 4) is 11.6 Å². The van der Waals surface area contributed by atoms with Gasteiger partial charge in [-0.1, -0.05) is 12.1 Å². The summed E-state index contributed by atoms with van der Waals surface area (Å²) in [5.41, 5.74) is 2.27. The van der Waals surface area contributed by atoms with Gasteiger partial charge in [-0.3, -0.25) is 9.69 Å². The second-order valence-corrected chi connectivity index (χ2v) is 11.3. The number of rotatable bonds is 11. The van der Waals surface area contributed by atoms with Crippen LogP contribution in [-0.2, 0) is 20.5 Å². The van der Waals surface area contributed by atoms with E-state index in [1.54, 1.807) is 68.7 Å². The standard InChI is InChI=1S/C28H32N6O6S/c1-19-26(27(35)29-2)23-7-6-22(17-24(23)39-19)40-25-8-9-30-28(33-25)32-21-5-3-4-20(16-21)18-41(36,37)31-10-11-34-12-14-38-15-13-34/h3-9,16-17,31H,10-15,18H2,1-2H3,(H,29,35)(H,30,32,33). The van der Waals surface area contributed by atoms with E-state index in [-0.39, 0.29) is 17.6 Å². The molecule has 2 aromatic carbocycles. The highest BCUT2D eigenvalue weighted by atomic mass is 32.2. The summed E-state index contributed by atoms with van der Waals surface area (Å²) in [4.78, 5) is 23.0. The summed E-state index contributed by atoms with van der Waals surface area (Å²) in [6, 6.07) is 13.9. The third-order valence-corrected chi connectivity index (χ3v) is 7.89. The van der Waals surface area contributed by atoms with E-state index in [0.29, 0.717) is 71.5 Å². The molecule has 0 radical (unpaired) electrons. The number of nitrogens with zero attached hydrogens (tertiary/aromatic N) is 3. The zero-order valence-electron chi connectivity index (χ0n) is 22.8. The Balaban J connectivity index is 1.21. The number of morpholine rings is 1. The molecule has 1 saturated heterocycles. The predicted octanol–water partition coefficient (Wildman–Crippen LogP) is 3.18. The van der Waals surface area contributed by atoms with Crippen molar-refractivity contribution in [1.82, 2.24) is 24.9 Å². The first-order valence-electron chi connectivity index (χ1n) is 13.2. The number of hydrogen-bond donors (Lipinski definition) is 3. The quantitative estimate of drug-likeness (QED) is 0.242. The lowest BCUT2D eigenvalue weighted by Gasteiger charge is -2.26. The van der Waals surface area contributed by atoms with Crippen LogP contribution in [0.1, 0.15) is 21.7 Å². The molecule has 13 heteroatoms. The number of carbonyl (C=O) groups is 1. The van der Waals surface area contributed by atoms with E-state index in [0.717, 1.165) is 13.1 Å². The number of hydrogen-bond acceptors (Lipinski definition) is 10. The summed E-state index contributed by atoms with van der Waals surface area (Å²) in [7, 11) is -1.93. The normalized spacial score (nSPS) is 14.2. The number of aryl methyl sites for hydroxylation is 1. The molecular weight excluding hydrogens is 548 g/mol. The number of amides is 1. The van der Waals surface area contributed by atoms with Gasteiger partial charge in [0.2, 0.25) is 21.9 Å². The number of anilines is 2. The van der Waals surface area contributed by atoms with Crippen LogP contribution in [0.3, 0.4) is 0 Å². The Hall–Kier alpha value is -4.04. The van der Waals surface area contributed by atoms with Crippen molar-refractivity contribution >= 4 is 38.5 Å². The molecule has 12 nitrogen and oxygen atoms in total. The average molecular weight is 581 g/mol. The van der Waals surface area contributed by atoms with Crippen LogP contribution in [-0.4, -0.2) is 75.6 Å². The van der Waals surface area contributed by atoms with Gasteiger partial charge in [-0.15, -0.1) is 0 Å². The van der Waals surface area contributed by atoms with Crippen LogP contribution in [0, 0.1) is 6.92 Å². The van der Waals surface area contributed by atoms with E-state index < -0.39 is 10.0 Å². The van der Waals surface area contributed by atoms with Crippen LogP contribution < -0.4 is 20.1 Å². The summed E-state index contributed by atoms with van der Waals surface area (Å²) in [5, 5.41) is 6.41. The molecule has 0 aliphatic carbocycles. The SMILES string of the molecule is CNC(=O)c1c(C)oc2cc(Oc3ccnc(Nc4cccc(CS(=O)(=O)NCCN5CCOCC5)c4)n3)ccc12. The maximum absolute atomic E-state index is 12.6. The number of carbonyl (C=O) groups excluding carboxylic acids is 1. The molecule has 0 unspecified atom stereocenters. The van der Waals surface area contributed by atoms with Gasteiger partial charge in [0.15, 0.2) is 0 Å². The largest absolute Gasteiger partial charge is 0.460 e. The minimum atomic E-state index is -3.51. The number of furan rings is 1. The van der Waals surface area contributed by atoms with E-state index in [4.69, 9.17) is 13.9 Å². The molecule has 5 rings (SSSR count). The molecule has 0 saturated carbocycles. The van der Waals surface area contributed by atoms with Crippen molar-refractivity contribution in [2.75, 3.05) is 51.8 Å². The highest BCUT2D eigenvalue weighted by Crippen LogP contribution is 2.31. The first-order chi connectivity index (χ1) is 19.8. The monoisotopic (exact) mass is 580 g/mol. The fourth-order valence-corrected chi connectivity index (χ4v) is 5.70. The van der Waals surface area contributed by atoms with Crippen molar-refractivity contribution in [2.24, 2.45) is 0 Å². The lowest BCUT2D eigenvalue weighted by molar-refractivity contribution is 0.0390. The topological polar surface area (TPSA) is 148 Å². The van der Waals surface area contributed by atoms with Gasteiger partial charge in [-0.2, -0.15) is 4.98 Å². The summed E-state index contributed by atoms with van der Waals surface area (Å²) in [5.74, 6) is 1.20. The Labute approximate surface area is 238 Å². The number of sulfonamides is 1. The van der Waals surface area contributed by atoms with Gasteiger partial charge < -0.3 is 24.5 Å². The molecule has 1 aliphatic heterocycles. The van der Waals surface area contributed by atoms with Crippen LogP contribution in [0.15, 0.2) is 59.1 Å². The number of ether oxygens (including phenoxy) is 2. The lowest BCUT2D eigenvalue weighted by Crippen LogP contribution is -2.41. The van der Waals surface area contributed by atoms with Crippen molar-refractivity contribution in [3.05, 3.63) is 71.6 Å². The average Bonchev–Trinajstić information content (AvgIpc) is 3.28. The third kappa shape index (κ3) is 7.38. The van der Waals surface area contributed by atoms with Gasteiger partial charge in [0, 0.05) is 62.6 Å². The molecule has 1 aliphatic rings. The summed E-state index contributed by atoms with van der Waals surface area (Å²) in [6.45, 7) is 5.70. The molecule has 0 bridgehead atoms. The summed E-state index contributed by atoms with van der Waals surface area (Å²) >= 11 is 0. The number of fused-ring (bicyclic) bond motifs is 1. The van der Waals surface area contributed by atoms with Crippen molar-refractivity contribution in [1.29, 1.82) is 0 Å². The van der Waals surface area contributed by atoms with Gasteiger partial charge in [0.25, 0.3) is 5.91 Å². The van der Waals surface area contributed by atoms with Crippen LogP contribution in [0.4, 0.5) is 11.6 Å². The molecule has 3 N–H and O–H groups in total. The highest BCUT2D eigenvalue weighted by molar-refractivity contribution is 7.88. The Morgan fingerprint density at radius 3 is 2.76 bits per heavy atom. The van der Waals surface area contributed by atoms with Crippen LogP contribution in [0.25, 0.3) is 11.0 Å². The maximum Gasteiger partial charge on any atom is 0.255 e. The fourth-order valence-electron chi connectivity index (χ4n) is 4.57. The minimum Gasteiger partial charge on any atom is -0.460 e. The van der Waals surface area contributed by atoms with E-state index in [1.165, 1.54) is 0 Å². The molecular formula is C28H32N6O6S. The van der Waals surface area contributed by atoms with Gasteiger partial charge in [-0.05, 0) is 36.8 Å². The first-order valence-corrected chi connectivity index (χ1v) is 14.8. The highest BCUT2D eigenvalue weighted by Gasteiger charge is 2.18. The molecule has 41 heavy (non-hydrogen) atoms. The second-order valence-electron chi connectivity index (χ2n) is 9.52. The van der Waals surface area contributed by atoms with Crippen molar-refractivity contribution < 1.29 is 27.1 Å². The molecule has 1 fully saturated rings. The van der Waals surface area contributed by atoms with E-state index in [2.05, 4.69) is 30.2 Å². The molecule has 1 amide bonds. The Kier molecular flexibility index (Phi) is 8.78. The smallest absolute Gasteiger partial charge is 0.255 e. The number of nitrogens with one attached hydrogen (secondary N) is 3. The van der Waals surface area contributed by atoms with Gasteiger partial charge in [0.1, 0.15) is 17.1 Å². The first kappa shape index (κ1) is 28.5. The van der Waals surface area contributed by atoms with E-state index in [9.17, 15) is 13.2 Å². The van der Waals surface area contributed by atoms with Gasteiger partial charge >= 0.3 is 0 Å². The minimum absolute atomic E-state index is 0.147. The lowest BCUT2D eigenvalue weighted by atomic mass is 10.1. The molecule has 3 heterocycles. The Morgan fingerprint density at radius 2 is 1.95 bits per heavy atom. The van der Waals surface area contributed by atoms with Crippen LogP contribution in [0.2, 0.25) is 0 Å². The molecule has 0 spiro atoms. The van der Waals surface area contributed by atoms with Gasteiger partial charge in [-0.25, -0.2) is 18.1 Å². The summed E-state index contributed by atoms with van der Waals surface area (Å²) in [6.07, 6.45) is 1.55. The van der Waals surface area contributed by atoms with Gasteiger partial charge in [0.05, 0.1) is 24.5 Å². The van der Waals surface area contributed by atoms with Crippen molar-refractivity contribution in [2.45, 2.75) is 12.7 Å². The van der Waals surface area contributed by atoms with E-state index in [1.807, 2.05) is 0 Å². The molecule has 4 aromatic rings. The van der Waals surface area contributed by atoms with E-state index >= 15 is 0 Å². The zero-order chi connectivity index (χ0) is 28.8. The zero-order valence-corrected chi connectivity index (χ0v) is 23.7. The summed E-state index contributed by atoms with van der Waals surface area (Å²) < 4.78 is 45.0. The number of aromatic nitrogens is 2. The molecule has 216 valence electrons. The second kappa shape index (κ2) is 12.6. The number of benzene rings is 2. The fraction of sp³-hybridized carbons (Fsp3) is 0.321. The third-order valence-electron chi connectivity index (χ3n) is 6.54. The maximum atomic E-state index is 12.6. The predicted molar refractivity (Wildman–Crippen MR) is 154 cm³/mol.